The largest absolute Gasteiger partial charge is 0.516 e. The van der Waals surface area contributed by atoms with Crippen molar-refractivity contribution in [3.05, 3.63) is 34.9 Å². The summed E-state index contributed by atoms with van der Waals surface area (Å²) in [4.78, 5) is 33.8. The Hall–Kier alpha value is -1.88. The molecule has 0 amide bonds. The van der Waals surface area contributed by atoms with Gasteiger partial charge in [0, 0.05) is 17.0 Å². The van der Waals surface area contributed by atoms with E-state index in [4.69, 9.17) is 11.6 Å². The Balaban J connectivity index is 2.40. The van der Waals surface area contributed by atoms with Gasteiger partial charge in [-0.25, -0.2) is 4.79 Å². The average molecular weight is 285 g/mol. The van der Waals surface area contributed by atoms with Crippen LogP contribution in [-0.4, -0.2) is 24.5 Å². The van der Waals surface area contributed by atoms with Crippen molar-refractivity contribution in [1.29, 1.82) is 0 Å². The summed E-state index contributed by atoms with van der Waals surface area (Å²) >= 11 is 5.69. The van der Waals surface area contributed by atoms with Crippen molar-refractivity contribution in [3.63, 3.8) is 0 Å². The van der Waals surface area contributed by atoms with Gasteiger partial charge in [-0.3, -0.25) is 9.59 Å². The third-order valence-corrected chi connectivity index (χ3v) is 2.43. The van der Waals surface area contributed by atoms with Gasteiger partial charge in [-0.05, 0) is 31.2 Å². The summed E-state index contributed by atoms with van der Waals surface area (Å²) < 4.78 is 8.76. The monoisotopic (exact) mass is 284 g/mol. The van der Waals surface area contributed by atoms with E-state index >= 15 is 0 Å². The van der Waals surface area contributed by atoms with E-state index in [0.717, 1.165) is 0 Å². The number of esters is 1. The van der Waals surface area contributed by atoms with Gasteiger partial charge in [-0.15, -0.1) is 0 Å². The highest BCUT2D eigenvalue weighted by atomic mass is 35.5. The fourth-order valence-corrected chi connectivity index (χ4v) is 1.41. The number of carbonyl (C=O) groups excluding carboxylic acids is 3. The summed E-state index contributed by atoms with van der Waals surface area (Å²) in [6.07, 6.45) is -1.27. The number of ether oxygens (including phenoxy) is 2. The number of rotatable bonds is 5. The second-order valence-corrected chi connectivity index (χ2v) is 4.02. The van der Waals surface area contributed by atoms with Crippen molar-refractivity contribution in [2.45, 2.75) is 19.8 Å². The molecule has 0 aromatic heterocycles. The molecule has 0 radical (unpaired) electrons. The molecule has 0 saturated heterocycles. The molecule has 0 spiro atoms. The molecule has 1 rings (SSSR count). The third-order valence-electron chi connectivity index (χ3n) is 2.18. The molecular formula is C13H13ClO5. The number of benzene rings is 1. The second-order valence-electron chi connectivity index (χ2n) is 3.59. The van der Waals surface area contributed by atoms with Crippen LogP contribution in [0.15, 0.2) is 24.3 Å². The number of hydrogen-bond acceptors (Lipinski definition) is 5. The van der Waals surface area contributed by atoms with E-state index in [1.165, 1.54) is 0 Å². The fraction of sp³-hybridized carbons (Fsp3) is 0.308. The molecule has 1 aromatic rings. The van der Waals surface area contributed by atoms with E-state index < -0.39 is 12.1 Å². The van der Waals surface area contributed by atoms with Gasteiger partial charge in [-0.2, -0.15) is 0 Å². The fourth-order valence-electron chi connectivity index (χ4n) is 1.29. The quantitative estimate of drug-likeness (QED) is 0.472. The van der Waals surface area contributed by atoms with Crippen LogP contribution in [0.5, 0.6) is 0 Å². The molecule has 6 heteroatoms. The molecule has 0 bridgehead atoms. The van der Waals surface area contributed by atoms with E-state index in [2.05, 4.69) is 9.47 Å². The van der Waals surface area contributed by atoms with Gasteiger partial charge >= 0.3 is 12.1 Å². The van der Waals surface area contributed by atoms with Crippen molar-refractivity contribution < 1.29 is 23.9 Å². The molecule has 0 saturated carbocycles. The molecule has 0 aliphatic rings. The van der Waals surface area contributed by atoms with Crippen LogP contribution in [0.2, 0.25) is 5.02 Å². The van der Waals surface area contributed by atoms with Crippen molar-refractivity contribution >= 4 is 29.5 Å². The number of halogens is 1. The second kappa shape index (κ2) is 7.53. The Morgan fingerprint density at radius 1 is 1.11 bits per heavy atom. The first-order chi connectivity index (χ1) is 9.02. The molecule has 1 aromatic carbocycles. The van der Waals surface area contributed by atoms with E-state index in [9.17, 15) is 14.4 Å². The topological polar surface area (TPSA) is 69.7 Å². The minimum Gasteiger partial charge on any atom is -0.434 e. The molecule has 19 heavy (non-hydrogen) atoms. The standard InChI is InChI=1S/C13H13ClO5/c1-2-18-13(17)19-12(16)8-7-11(15)9-3-5-10(14)6-4-9/h3-6H,2,7-8H2,1H3. The smallest absolute Gasteiger partial charge is 0.434 e. The minimum absolute atomic E-state index is 0.0418. The third kappa shape index (κ3) is 5.52. The zero-order valence-electron chi connectivity index (χ0n) is 10.3. The molecule has 0 unspecified atom stereocenters. The highest BCUT2D eigenvalue weighted by molar-refractivity contribution is 6.30. The van der Waals surface area contributed by atoms with Crippen LogP contribution in [0.25, 0.3) is 0 Å². The van der Waals surface area contributed by atoms with E-state index in [1.807, 2.05) is 0 Å². The van der Waals surface area contributed by atoms with Crippen LogP contribution >= 0.6 is 11.6 Å². The number of carbonyl (C=O) groups is 3. The van der Waals surface area contributed by atoms with Crippen LogP contribution in [0.3, 0.4) is 0 Å². The van der Waals surface area contributed by atoms with Crippen LogP contribution in [0.4, 0.5) is 4.79 Å². The molecule has 0 heterocycles. The normalized spacial score (nSPS) is 9.79. The summed E-state index contributed by atoms with van der Waals surface area (Å²) in [6.45, 7) is 1.71. The van der Waals surface area contributed by atoms with Gasteiger partial charge in [0.25, 0.3) is 0 Å². The Morgan fingerprint density at radius 3 is 2.32 bits per heavy atom. The molecular weight excluding hydrogens is 272 g/mol. The van der Waals surface area contributed by atoms with Gasteiger partial charge in [0.05, 0.1) is 13.0 Å². The Kier molecular flexibility index (Phi) is 6.02. The van der Waals surface area contributed by atoms with Gasteiger partial charge in [0.2, 0.25) is 0 Å². The Bertz CT molecular complexity index is 466. The lowest BCUT2D eigenvalue weighted by Crippen LogP contribution is -2.14. The first kappa shape index (κ1) is 15.2. The number of Topliss-reactive ketones (excluding diaryl/α,β-unsaturated/α-hetero) is 1. The van der Waals surface area contributed by atoms with Crippen LogP contribution < -0.4 is 0 Å². The SMILES string of the molecule is CCOC(=O)OC(=O)CCC(=O)c1ccc(Cl)cc1. The number of hydrogen-bond donors (Lipinski definition) is 0. The van der Waals surface area contributed by atoms with E-state index in [0.29, 0.717) is 10.6 Å². The predicted octanol–water partition coefficient (Wildman–Crippen LogP) is 3.00. The van der Waals surface area contributed by atoms with Gasteiger partial charge in [-0.1, -0.05) is 11.6 Å². The minimum atomic E-state index is -1.05. The summed E-state index contributed by atoms with van der Waals surface area (Å²) in [6, 6.07) is 6.32. The Labute approximate surface area is 115 Å². The molecule has 0 fully saturated rings. The van der Waals surface area contributed by atoms with Crippen LogP contribution in [-0.2, 0) is 14.3 Å². The van der Waals surface area contributed by atoms with Gasteiger partial charge < -0.3 is 9.47 Å². The molecule has 102 valence electrons. The molecule has 0 aliphatic carbocycles. The van der Waals surface area contributed by atoms with Gasteiger partial charge in [0.15, 0.2) is 5.78 Å². The first-order valence-electron chi connectivity index (χ1n) is 5.69. The zero-order chi connectivity index (χ0) is 14.3. The van der Waals surface area contributed by atoms with E-state index in [1.54, 1.807) is 31.2 Å². The molecule has 0 atom stereocenters. The van der Waals surface area contributed by atoms with Crippen LogP contribution in [0, 0.1) is 0 Å². The lowest BCUT2D eigenvalue weighted by atomic mass is 10.1. The summed E-state index contributed by atoms with van der Waals surface area (Å²) in [5.74, 6) is -1.02. The summed E-state index contributed by atoms with van der Waals surface area (Å²) in [5, 5.41) is 0.526. The first-order valence-corrected chi connectivity index (χ1v) is 6.07. The predicted molar refractivity (Wildman–Crippen MR) is 68.1 cm³/mol. The lowest BCUT2D eigenvalue weighted by molar-refractivity contribution is -0.139. The van der Waals surface area contributed by atoms with Crippen molar-refractivity contribution in [1.82, 2.24) is 0 Å². The zero-order valence-corrected chi connectivity index (χ0v) is 11.1. The summed E-state index contributed by atoms with van der Waals surface area (Å²) in [5.41, 5.74) is 0.452. The van der Waals surface area contributed by atoms with Crippen molar-refractivity contribution in [2.24, 2.45) is 0 Å². The maximum absolute atomic E-state index is 11.7. The molecule has 0 N–H and O–H groups in total. The maximum Gasteiger partial charge on any atom is 0.516 e. The average Bonchev–Trinajstić information content (AvgIpc) is 2.37. The van der Waals surface area contributed by atoms with Crippen LogP contribution in [0.1, 0.15) is 30.1 Å². The Morgan fingerprint density at radius 2 is 1.74 bits per heavy atom. The highest BCUT2D eigenvalue weighted by Crippen LogP contribution is 2.12. The molecule has 0 aliphatic heterocycles. The van der Waals surface area contributed by atoms with E-state index in [-0.39, 0.29) is 25.2 Å². The van der Waals surface area contributed by atoms with Crippen molar-refractivity contribution in [2.75, 3.05) is 6.61 Å². The highest BCUT2D eigenvalue weighted by Gasteiger charge is 2.14. The lowest BCUT2D eigenvalue weighted by Gasteiger charge is -2.03. The number of ketones is 1. The van der Waals surface area contributed by atoms with Crippen molar-refractivity contribution in [3.8, 4) is 0 Å². The van der Waals surface area contributed by atoms with Gasteiger partial charge in [0.1, 0.15) is 0 Å². The summed E-state index contributed by atoms with van der Waals surface area (Å²) in [7, 11) is 0. The molecule has 5 nitrogen and oxygen atoms in total. The maximum atomic E-state index is 11.7.